The number of nitrogens with one attached hydrogen (secondary N) is 1. The number of hydrogen-bond acceptors (Lipinski definition) is 6. The van der Waals surface area contributed by atoms with E-state index in [0.717, 1.165) is 16.6 Å². The van der Waals surface area contributed by atoms with Crippen LogP contribution >= 0.6 is 11.3 Å². The van der Waals surface area contributed by atoms with Gasteiger partial charge in [0.25, 0.3) is 11.8 Å². The molecule has 0 saturated carbocycles. The first-order chi connectivity index (χ1) is 13.0. The molecule has 27 heavy (non-hydrogen) atoms. The highest BCUT2D eigenvalue weighted by molar-refractivity contribution is 7.14. The SMILES string of the molecule is NC(=O)c1ccsc1NC(=O)COC(=O)CCc1ccc2ccccc2n1. The van der Waals surface area contributed by atoms with E-state index in [9.17, 15) is 14.4 Å². The Hall–Kier alpha value is -3.26. The van der Waals surface area contributed by atoms with Crippen molar-refractivity contribution < 1.29 is 19.1 Å². The molecule has 3 aromatic rings. The number of hydrogen-bond donors (Lipinski definition) is 2. The number of aryl methyl sites for hydroxylation is 1. The van der Waals surface area contributed by atoms with E-state index >= 15 is 0 Å². The van der Waals surface area contributed by atoms with Gasteiger partial charge in [-0.3, -0.25) is 19.4 Å². The Kier molecular flexibility index (Phi) is 5.77. The molecule has 0 aliphatic heterocycles. The quantitative estimate of drug-likeness (QED) is 0.609. The standard InChI is InChI=1S/C19H17N3O4S/c20-18(25)14-9-10-27-19(14)22-16(23)11-26-17(24)8-7-13-6-5-12-3-1-2-4-15(12)21-13/h1-6,9-10H,7-8,11H2,(H2,20,25)(H,22,23). The Labute approximate surface area is 159 Å². The summed E-state index contributed by atoms with van der Waals surface area (Å²) in [6.07, 6.45) is 0.534. The lowest BCUT2D eigenvalue weighted by Crippen LogP contribution is -2.22. The topological polar surface area (TPSA) is 111 Å². The van der Waals surface area contributed by atoms with Crippen LogP contribution in [-0.4, -0.2) is 29.4 Å². The first-order valence-corrected chi connectivity index (χ1v) is 9.08. The summed E-state index contributed by atoms with van der Waals surface area (Å²) in [5.74, 6) is -1.66. The molecule has 0 fully saturated rings. The van der Waals surface area contributed by atoms with Gasteiger partial charge in [-0.05, 0) is 23.6 Å². The number of ether oxygens (including phenoxy) is 1. The van der Waals surface area contributed by atoms with E-state index in [1.54, 1.807) is 5.38 Å². The molecule has 0 aliphatic carbocycles. The molecule has 2 heterocycles. The van der Waals surface area contributed by atoms with Crippen LogP contribution in [0.4, 0.5) is 5.00 Å². The Morgan fingerprint density at radius 2 is 1.93 bits per heavy atom. The predicted octanol–water partition coefficient (Wildman–Crippen LogP) is 2.51. The second-order valence-corrected chi connectivity index (χ2v) is 6.65. The Morgan fingerprint density at radius 3 is 2.74 bits per heavy atom. The van der Waals surface area contributed by atoms with Crippen molar-refractivity contribution in [3.8, 4) is 0 Å². The minimum Gasteiger partial charge on any atom is -0.456 e. The zero-order chi connectivity index (χ0) is 19.2. The number of amides is 2. The zero-order valence-corrected chi connectivity index (χ0v) is 15.1. The minimum atomic E-state index is -0.633. The van der Waals surface area contributed by atoms with E-state index < -0.39 is 24.4 Å². The second kappa shape index (κ2) is 8.41. The number of pyridine rings is 1. The maximum absolute atomic E-state index is 11.9. The van der Waals surface area contributed by atoms with Crippen LogP contribution in [0.2, 0.25) is 0 Å². The third kappa shape index (κ3) is 4.89. The van der Waals surface area contributed by atoms with Crippen LogP contribution in [0.5, 0.6) is 0 Å². The molecule has 0 radical (unpaired) electrons. The van der Waals surface area contributed by atoms with E-state index in [-0.39, 0.29) is 12.0 Å². The van der Waals surface area contributed by atoms with Crippen molar-refractivity contribution in [3.05, 3.63) is 59.1 Å². The van der Waals surface area contributed by atoms with Gasteiger partial charge >= 0.3 is 5.97 Å². The maximum Gasteiger partial charge on any atom is 0.306 e. The maximum atomic E-state index is 11.9. The highest BCUT2D eigenvalue weighted by Gasteiger charge is 2.14. The number of primary amides is 1. The third-order valence-corrected chi connectivity index (χ3v) is 4.62. The Morgan fingerprint density at radius 1 is 1.11 bits per heavy atom. The van der Waals surface area contributed by atoms with E-state index in [4.69, 9.17) is 10.5 Å². The fraction of sp³-hybridized carbons (Fsp3) is 0.158. The second-order valence-electron chi connectivity index (χ2n) is 5.73. The lowest BCUT2D eigenvalue weighted by molar-refractivity contribution is -0.147. The van der Waals surface area contributed by atoms with Gasteiger partial charge in [0.1, 0.15) is 5.00 Å². The van der Waals surface area contributed by atoms with Gasteiger partial charge in [0.05, 0.1) is 17.5 Å². The summed E-state index contributed by atoms with van der Waals surface area (Å²) in [6, 6.07) is 13.1. The number of carbonyl (C=O) groups excluding carboxylic acids is 3. The predicted molar refractivity (Wildman–Crippen MR) is 102 cm³/mol. The third-order valence-electron chi connectivity index (χ3n) is 3.79. The molecule has 3 rings (SSSR count). The molecule has 1 aromatic carbocycles. The molecule has 0 unspecified atom stereocenters. The summed E-state index contributed by atoms with van der Waals surface area (Å²) in [7, 11) is 0. The number of benzene rings is 1. The lowest BCUT2D eigenvalue weighted by Gasteiger charge is -2.06. The number of nitrogens with two attached hydrogens (primary N) is 1. The first-order valence-electron chi connectivity index (χ1n) is 8.20. The molecule has 2 amide bonds. The number of nitrogens with zero attached hydrogens (tertiary/aromatic N) is 1. The highest BCUT2D eigenvalue weighted by Crippen LogP contribution is 2.22. The van der Waals surface area contributed by atoms with Gasteiger partial charge in [-0.1, -0.05) is 24.3 Å². The van der Waals surface area contributed by atoms with Crippen LogP contribution in [0.25, 0.3) is 10.9 Å². The molecule has 7 nitrogen and oxygen atoms in total. The molecule has 0 atom stereocenters. The van der Waals surface area contributed by atoms with Crippen LogP contribution in [0.3, 0.4) is 0 Å². The zero-order valence-electron chi connectivity index (χ0n) is 14.3. The summed E-state index contributed by atoms with van der Waals surface area (Å²) < 4.78 is 4.97. The fourth-order valence-electron chi connectivity index (χ4n) is 2.46. The molecule has 2 aromatic heterocycles. The average molecular weight is 383 g/mol. The number of anilines is 1. The van der Waals surface area contributed by atoms with Crippen molar-refractivity contribution in [3.63, 3.8) is 0 Å². The number of esters is 1. The normalized spacial score (nSPS) is 10.5. The molecule has 0 bridgehead atoms. The van der Waals surface area contributed by atoms with Gasteiger partial charge in [0.15, 0.2) is 6.61 Å². The van der Waals surface area contributed by atoms with Crippen molar-refractivity contribution in [2.45, 2.75) is 12.8 Å². The summed E-state index contributed by atoms with van der Waals surface area (Å²) in [4.78, 5) is 39.4. The molecule has 3 N–H and O–H groups in total. The van der Waals surface area contributed by atoms with E-state index in [1.165, 1.54) is 17.4 Å². The number of thiophene rings is 1. The monoisotopic (exact) mass is 383 g/mol. The highest BCUT2D eigenvalue weighted by atomic mass is 32.1. The number of carbonyl (C=O) groups is 3. The largest absolute Gasteiger partial charge is 0.456 e. The average Bonchev–Trinajstić information content (AvgIpc) is 3.13. The van der Waals surface area contributed by atoms with Gasteiger partial charge < -0.3 is 15.8 Å². The van der Waals surface area contributed by atoms with Crippen LogP contribution in [0.1, 0.15) is 22.5 Å². The van der Waals surface area contributed by atoms with Gasteiger partial charge in [-0.15, -0.1) is 11.3 Å². The van der Waals surface area contributed by atoms with Crippen molar-refractivity contribution in [2.75, 3.05) is 11.9 Å². The Balaban J connectivity index is 1.46. The van der Waals surface area contributed by atoms with Crippen LogP contribution in [0.15, 0.2) is 47.8 Å². The van der Waals surface area contributed by atoms with Crippen molar-refractivity contribution in [2.24, 2.45) is 5.73 Å². The molecular weight excluding hydrogens is 366 g/mol. The Bertz CT molecular complexity index is 999. The molecule has 138 valence electrons. The van der Waals surface area contributed by atoms with Crippen LogP contribution in [0, 0.1) is 0 Å². The summed E-state index contributed by atoms with van der Waals surface area (Å²) in [6.45, 7) is -0.430. The molecule has 0 saturated heterocycles. The number of para-hydroxylation sites is 1. The molecule has 0 aliphatic rings. The van der Waals surface area contributed by atoms with Gasteiger partial charge in [0, 0.05) is 17.5 Å². The van der Waals surface area contributed by atoms with Crippen molar-refractivity contribution in [1.82, 2.24) is 4.98 Å². The summed E-state index contributed by atoms with van der Waals surface area (Å²) >= 11 is 1.17. The molecule has 0 spiro atoms. The van der Waals surface area contributed by atoms with E-state index in [2.05, 4.69) is 10.3 Å². The van der Waals surface area contributed by atoms with Crippen LogP contribution in [-0.2, 0) is 20.7 Å². The number of fused-ring (bicyclic) bond motifs is 1. The van der Waals surface area contributed by atoms with Crippen LogP contribution < -0.4 is 11.1 Å². The van der Waals surface area contributed by atoms with Crippen molar-refractivity contribution >= 4 is 45.0 Å². The molecule has 8 heteroatoms. The minimum absolute atomic E-state index is 0.115. The van der Waals surface area contributed by atoms with Gasteiger partial charge in [-0.2, -0.15) is 0 Å². The smallest absolute Gasteiger partial charge is 0.306 e. The molecular formula is C19H17N3O4S. The summed E-state index contributed by atoms with van der Waals surface area (Å²) in [5, 5.41) is 5.52. The first kappa shape index (κ1) is 18.5. The number of aromatic nitrogens is 1. The lowest BCUT2D eigenvalue weighted by atomic mass is 10.1. The van der Waals surface area contributed by atoms with Crippen molar-refractivity contribution in [1.29, 1.82) is 0 Å². The number of rotatable bonds is 7. The van der Waals surface area contributed by atoms with Gasteiger partial charge in [-0.25, -0.2) is 0 Å². The fourth-order valence-corrected chi connectivity index (χ4v) is 3.27. The van der Waals surface area contributed by atoms with E-state index in [1.807, 2.05) is 36.4 Å². The van der Waals surface area contributed by atoms with E-state index in [0.29, 0.717) is 11.4 Å². The summed E-state index contributed by atoms with van der Waals surface area (Å²) in [5.41, 5.74) is 7.08. The van der Waals surface area contributed by atoms with Gasteiger partial charge in [0.2, 0.25) is 0 Å².